The summed E-state index contributed by atoms with van der Waals surface area (Å²) < 4.78 is 5.36. The molecule has 1 heterocycles. The van der Waals surface area contributed by atoms with Crippen molar-refractivity contribution in [2.45, 2.75) is 37.5 Å². The lowest BCUT2D eigenvalue weighted by Crippen LogP contribution is -2.40. The standard InChI is InChI=1S/C21H21ClN2O3/c1-12(14-6-3-4-7-17(14)27-2)19(25)23-13-10-15-18(16(22)11-13)24-20(26)21(15)8-5-9-21/h3-4,6-7,10-12H,5,8-9H2,1-2H3,(H,23,25)(H,24,26). The van der Waals surface area contributed by atoms with E-state index in [-0.39, 0.29) is 11.8 Å². The lowest BCUT2D eigenvalue weighted by atomic mass is 9.65. The molecule has 140 valence electrons. The molecule has 1 fully saturated rings. The highest BCUT2D eigenvalue weighted by Crippen LogP contribution is 2.53. The van der Waals surface area contributed by atoms with E-state index < -0.39 is 11.3 Å². The van der Waals surface area contributed by atoms with E-state index in [9.17, 15) is 9.59 Å². The number of hydrogen-bond acceptors (Lipinski definition) is 3. The number of hydrogen-bond donors (Lipinski definition) is 2. The minimum Gasteiger partial charge on any atom is -0.496 e. The molecule has 5 nitrogen and oxygen atoms in total. The fourth-order valence-electron chi connectivity index (χ4n) is 3.98. The Balaban J connectivity index is 1.61. The van der Waals surface area contributed by atoms with Crippen LogP contribution in [0.1, 0.15) is 43.2 Å². The zero-order chi connectivity index (χ0) is 19.2. The molecule has 1 aliphatic carbocycles. The Bertz CT molecular complexity index is 937. The van der Waals surface area contributed by atoms with Crippen molar-refractivity contribution in [3.8, 4) is 5.75 Å². The van der Waals surface area contributed by atoms with Gasteiger partial charge in [0.2, 0.25) is 11.8 Å². The molecule has 1 aliphatic heterocycles. The molecule has 2 aromatic rings. The first-order valence-corrected chi connectivity index (χ1v) is 9.43. The van der Waals surface area contributed by atoms with Gasteiger partial charge in [-0.05, 0) is 43.5 Å². The van der Waals surface area contributed by atoms with Crippen LogP contribution in [-0.2, 0) is 15.0 Å². The number of carbonyl (C=O) groups is 2. The monoisotopic (exact) mass is 384 g/mol. The van der Waals surface area contributed by atoms with Gasteiger partial charge < -0.3 is 15.4 Å². The Labute approximate surface area is 163 Å². The SMILES string of the molecule is COc1ccccc1C(C)C(=O)Nc1cc(Cl)c2c(c1)C1(CCC1)C(=O)N2. The lowest BCUT2D eigenvalue weighted by molar-refractivity contribution is -0.123. The summed E-state index contributed by atoms with van der Waals surface area (Å²) in [7, 11) is 1.59. The first-order valence-electron chi connectivity index (χ1n) is 9.05. The summed E-state index contributed by atoms with van der Waals surface area (Å²) >= 11 is 6.39. The van der Waals surface area contributed by atoms with Crippen LogP contribution < -0.4 is 15.4 Å². The van der Waals surface area contributed by atoms with Gasteiger partial charge in [-0.15, -0.1) is 0 Å². The van der Waals surface area contributed by atoms with Gasteiger partial charge in [0.25, 0.3) is 0 Å². The van der Waals surface area contributed by atoms with E-state index in [0.29, 0.717) is 22.1 Å². The van der Waals surface area contributed by atoms with E-state index in [1.165, 1.54) is 0 Å². The van der Waals surface area contributed by atoms with Crippen molar-refractivity contribution in [1.82, 2.24) is 0 Å². The van der Waals surface area contributed by atoms with Crippen LogP contribution >= 0.6 is 11.6 Å². The molecule has 0 bridgehead atoms. The third kappa shape index (κ3) is 2.77. The predicted molar refractivity (Wildman–Crippen MR) is 106 cm³/mol. The van der Waals surface area contributed by atoms with Gasteiger partial charge in [-0.2, -0.15) is 0 Å². The number of carbonyl (C=O) groups excluding carboxylic acids is 2. The van der Waals surface area contributed by atoms with E-state index >= 15 is 0 Å². The second-order valence-electron chi connectivity index (χ2n) is 7.22. The van der Waals surface area contributed by atoms with E-state index in [4.69, 9.17) is 16.3 Å². The Morgan fingerprint density at radius 1 is 1.30 bits per heavy atom. The molecule has 1 unspecified atom stereocenters. The molecule has 27 heavy (non-hydrogen) atoms. The van der Waals surface area contributed by atoms with Crippen LogP contribution in [0.2, 0.25) is 5.02 Å². The number of anilines is 2. The van der Waals surface area contributed by atoms with Crippen molar-refractivity contribution in [3.05, 3.63) is 52.5 Å². The van der Waals surface area contributed by atoms with E-state index in [1.54, 1.807) is 13.2 Å². The molecule has 2 aliphatic rings. The Kier molecular flexibility index (Phi) is 4.35. The third-order valence-electron chi connectivity index (χ3n) is 5.75. The number of rotatable bonds is 4. The third-order valence-corrected chi connectivity index (χ3v) is 6.05. The maximum Gasteiger partial charge on any atom is 0.235 e. The highest BCUT2D eigenvalue weighted by molar-refractivity contribution is 6.35. The van der Waals surface area contributed by atoms with Crippen LogP contribution in [0.3, 0.4) is 0 Å². The largest absolute Gasteiger partial charge is 0.496 e. The van der Waals surface area contributed by atoms with Crippen LogP contribution in [0.15, 0.2) is 36.4 Å². The number of para-hydroxylation sites is 1. The predicted octanol–water partition coefficient (Wildman–Crippen LogP) is 4.46. The van der Waals surface area contributed by atoms with Gasteiger partial charge in [0, 0.05) is 11.3 Å². The van der Waals surface area contributed by atoms with Gasteiger partial charge in [-0.25, -0.2) is 0 Å². The summed E-state index contributed by atoms with van der Waals surface area (Å²) in [5, 5.41) is 6.30. The number of halogens is 1. The smallest absolute Gasteiger partial charge is 0.235 e. The van der Waals surface area contributed by atoms with Crippen LogP contribution in [0, 0.1) is 0 Å². The average molecular weight is 385 g/mol. The Morgan fingerprint density at radius 3 is 2.70 bits per heavy atom. The molecule has 4 rings (SSSR count). The highest BCUT2D eigenvalue weighted by atomic mass is 35.5. The van der Waals surface area contributed by atoms with Crippen molar-refractivity contribution in [1.29, 1.82) is 0 Å². The van der Waals surface area contributed by atoms with Gasteiger partial charge in [0.15, 0.2) is 0 Å². The summed E-state index contributed by atoms with van der Waals surface area (Å²) in [6.45, 7) is 1.83. The van der Waals surface area contributed by atoms with Crippen molar-refractivity contribution < 1.29 is 14.3 Å². The molecule has 1 saturated carbocycles. The van der Waals surface area contributed by atoms with Gasteiger partial charge in [-0.3, -0.25) is 9.59 Å². The molecule has 6 heteroatoms. The molecule has 1 spiro atoms. The van der Waals surface area contributed by atoms with Crippen LogP contribution in [0.25, 0.3) is 0 Å². The number of methoxy groups -OCH3 is 1. The number of ether oxygens (including phenoxy) is 1. The van der Waals surface area contributed by atoms with E-state index in [1.807, 2.05) is 37.3 Å². The molecular weight excluding hydrogens is 364 g/mol. The van der Waals surface area contributed by atoms with Crippen molar-refractivity contribution in [2.24, 2.45) is 0 Å². The molecule has 2 aromatic carbocycles. The molecule has 0 radical (unpaired) electrons. The molecule has 1 atom stereocenters. The molecule has 0 saturated heterocycles. The number of nitrogens with one attached hydrogen (secondary N) is 2. The Morgan fingerprint density at radius 2 is 2.04 bits per heavy atom. The minimum atomic E-state index is -0.478. The summed E-state index contributed by atoms with van der Waals surface area (Å²) in [5.41, 5.74) is 2.52. The summed E-state index contributed by atoms with van der Waals surface area (Å²) in [5.74, 6) is 0.132. The van der Waals surface area contributed by atoms with Crippen molar-refractivity contribution in [2.75, 3.05) is 17.7 Å². The molecule has 2 amide bonds. The maximum atomic E-state index is 12.8. The molecular formula is C21H21ClN2O3. The number of benzene rings is 2. The quantitative estimate of drug-likeness (QED) is 0.817. The van der Waals surface area contributed by atoms with Crippen LogP contribution in [-0.4, -0.2) is 18.9 Å². The van der Waals surface area contributed by atoms with E-state index in [2.05, 4.69) is 10.6 Å². The summed E-state index contributed by atoms with van der Waals surface area (Å²) in [6, 6.07) is 11.0. The lowest BCUT2D eigenvalue weighted by Gasteiger charge is -2.36. The van der Waals surface area contributed by atoms with Gasteiger partial charge in [0.1, 0.15) is 5.75 Å². The molecule has 2 N–H and O–H groups in total. The van der Waals surface area contributed by atoms with Gasteiger partial charge in [0.05, 0.1) is 29.2 Å². The summed E-state index contributed by atoms with van der Waals surface area (Å²) in [6.07, 6.45) is 2.65. The van der Waals surface area contributed by atoms with Gasteiger partial charge in [-0.1, -0.05) is 36.2 Å². The second-order valence-corrected chi connectivity index (χ2v) is 7.63. The number of amides is 2. The fourth-order valence-corrected chi connectivity index (χ4v) is 4.25. The average Bonchev–Trinajstić information content (AvgIpc) is 2.93. The maximum absolute atomic E-state index is 12.8. The topological polar surface area (TPSA) is 67.4 Å². The van der Waals surface area contributed by atoms with Crippen LogP contribution in [0.4, 0.5) is 11.4 Å². The van der Waals surface area contributed by atoms with E-state index in [0.717, 1.165) is 30.4 Å². The fraction of sp³-hybridized carbons (Fsp3) is 0.333. The normalized spacial score (nSPS) is 17.7. The first kappa shape index (κ1) is 17.9. The van der Waals surface area contributed by atoms with Crippen molar-refractivity contribution >= 4 is 34.8 Å². The van der Waals surface area contributed by atoms with Gasteiger partial charge >= 0.3 is 0 Å². The Hall–Kier alpha value is -2.53. The van der Waals surface area contributed by atoms with Crippen LogP contribution in [0.5, 0.6) is 5.75 Å². The zero-order valence-electron chi connectivity index (χ0n) is 15.3. The first-order chi connectivity index (χ1) is 13.0. The second kappa shape index (κ2) is 6.57. The summed E-state index contributed by atoms with van der Waals surface area (Å²) in [4.78, 5) is 25.2. The van der Waals surface area contributed by atoms with Crippen molar-refractivity contribution in [3.63, 3.8) is 0 Å². The zero-order valence-corrected chi connectivity index (χ0v) is 16.0. The minimum absolute atomic E-state index is 0.0107. The number of fused-ring (bicyclic) bond motifs is 2. The highest BCUT2D eigenvalue weighted by Gasteiger charge is 2.51. The molecule has 0 aromatic heterocycles.